The summed E-state index contributed by atoms with van der Waals surface area (Å²) in [5, 5.41) is 4.78. The van der Waals surface area contributed by atoms with Crippen molar-refractivity contribution in [3.05, 3.63) is 30.1 Å². The smallest absolute Gasteiger partial charge is 0.145 e. The minimum Gasteiger partial charge on any atom is -0.379 e. The number of nitrogens with one attached hydrogen (secondary N) is 1. The maximum absolute atomic E-state index is 5.45. The van der Waals surface area contributed by atoms with Crippen LogP contribution in [0.5, 0.6) is 0 Å². The summed E-state index contributed by atoms with van der Waals surface area (Å²) < 4.78 is 5.45. The predicted molar refractivity (Wildman–Crippen MR) is 107 cm³/mol. The Morgan fingerprint density at radius 1 is 1.04 bits per heavy atom. The summed E-state index contributed by atoms with van der Waals surface area (Å²) in [6, 6.07) is 8.26. The molecule has 0 saturated carbocycles. The van der Waals surface area contributed by atoms with Gasteiger partial charge in [0.1, 0.15) is 11.6 Å². The Morgan fingerprint density at radius 2 is 1.73 bits per heavy atom. The summed E-state index contributed by atoms with van der Waals surface area (Å²) in [6.07, 6.45) is 1.05. The number of fused-ring (bicyclic) bond motifs is 1. The second-order valence-corrected chi connectivity index (χ2v) is 9.14. The molecule has 0 aliphatic carbocycles. The molecule has 1 aliphatic heterocycles. The largest absolute Gasteiger partial charge is 0.379 e. The maximum Gasteiger partial charge on any atom is 0.145 e. The predicted octanol–water partition coefficient (Wildman–Crippen LogP) is 4.09. The molecule has 1 aliphatic rings. The van der Waals surface area contributed by atoms with Crippen molar-refractivity contribution in [2.75, 3.05) is 31.6 Å². The highest BCUT2D eigenvalue weighted by Gasteiger charge is 2.26. The average molecular weight is 357 g/mol. The van der Waals surface area contributed by atoms with Gasteiger partial charge < -0.3 is 10.1 Å². The van der Waals surface area contributed by atoms with E-state index in [-0.39, 0.29) is 11.0 Å². The summed E-state index contributed by atoms with van der Waals surface area (Å²) in [6.45, 7) is 15.5. The van der Waals surface area contributed by atoms with Gasteiger partial charge in [0.15, 0.2) is 0 Å². The van der Waals surface area contributed by atoms with Crippen molar-refractivity contribution in [3.63, 3.8) is 0 Å². The van der Waals surface area contributed by atoms with Crippen LogP contribution in [0.1, 0.15) is 46.9 Å². The van der Waals surface area contributed by atoms with Gasteiger partial charge in [-0.05, 0) is 37.8 Å². The van der Waals surface area contributed by atoms with Gasteiger partial charge in [0.25, 0.3) is 0 Å². The van der Waals surface area contributed by atoms with Crippen LogP contribution < -0.4 is 5.32 Å². The fourth-order valence-corrected chi connectivity index (χ4v) is 3.94. The Hall–Kier alpha value is -1.72. The molecule has 0 amide bonds. The molecule has 0 bridgehead atoms. The first kappa shape index (κ1) is 19.1. The minimum atomic E-state index is -0.0500. The van der Waals surface area contributed by atoms with E-state index < -0.39 is 0 Å². The molecule has 3 rings (SSSR count). The van der Waals surface area contributed by atoms with Crippen LogP contribution in [0.15, 0.2) is 24.3 Å². The first-order valence-electron chi connectivity index (χ1n) is 9.56. The fraction of sp³-hybridized carbons (Fsp3) is 0.619. The molecule has 5 nitrogen and oxygen atoms in total. The first-order chi connectivity index (χ1) is 12.2. The zero-order chi connectivity index (χ0) is 18.8. The number of hydrogen-bond donors (Lipinski definition) is 1. The number of hydrogen-bond acceptors (Lipinski definition) is 5. The Kier molecular flexibility index (Phi) is 5.49. The van der Waals surface area contributed by atoms with E-state index in [0.717, 1.165) is 61.8 Å². The maximum atomic E-state index is 5.45. The van der Waals surface area contributed by atoms with Crippen molar-refractivity contribution in [2.45, 2.75) is 53.1 Å². The molecule has 0 radical (unpaired) electrons. The molecular weight excluding hydrogens is 324 g/mol. The lowest BCUT2D eigenvalue weighted by atomic mass is 9.82. The molecule has 1 N–H and O–H groups in total. The van der Waals surface area contributed by atoms with E-state index in [4.69, 9.17) is 14.7 Å². The number of rotatable bonds is 5. The van der Waals surface area contributed by atoms with Crippen LogP contribution in [-0.4, -0.2) is 46.7 Å². The Morgan fingerprint density at radius 3 is 2.42 bits per heavy atom. The van der Waals surface area contributed by atoms with Gasteiger partial charge >= 0.3 is 0 Å². The molecule has 0 unspecified atom stereocenters. The van der Waals surface area contributed by atoms with Crippen LogP contribution in [0.4, 0.5) is 5.82 Å². The molecule has 1 aromatic heterocycles. The van der Waals surface area contributed by atoms with Crippen molar-refractivity contribution in [1.29, 1.82) is 0 Å². The summed E-state index contributed by atoms with van der Waals surface area (Å²) in [5.41, 5.74) is 1.20. The van der Waals surface area contributed by atoms with Gasteiger partial charge in [-0.2, -0.15) is 0 Å². The average Bonchev–Trinajstić information content (AvgIpc) is 2.53. The fourth-order valence-electron chi connectivity index (χ4n) is 3.94. The van der Waals surface area contributed by atoms with Crippen molar-refractivity contribution in [2.24, 2.45) is 5.41 Å². The third-order valence-corrected chi connectivity index (χ3v) is 4.55. The number of morpholine rings is 1. The van der Waals surface area contributed by atoms with E-state index in [2.05, 4.69) is 63.0 Å². The molecule has 0 atom stereocenters. The van der Waals surface area contributed by atoms with Crippen LogP contribution in [0.2, 0.25) is 0 Å². The van der Waals surface area contributed by atoms with E-state index in [1.165, 1.54) is 0 Å². The first-order valence-corrected chi connectivity index (χ1v) is 9.56. The Labute approximate surface area is 157 Å². The van der Waals surface area contributed by atoms with E-state index in [0.29, 0.717) is 0 Å². The molecule has 142 valence electrons. The quantitative estimate of drug-likeness (QED) is 0.874. The van der Waals surface area contributed by atoms with E-state index in [1.807, 2.05) is 6.07 Å². The van der Waals surface area contributed by atoms with Crippen molar-refractivity contribution < 1.29 is 4.74 Å². The van der Waals surface area contributed by atoms with Gasteiger partial charge in [0, 0.05) is 24.0 Å². The van der Waals surface area contributed by atoms with E-state index >= 15 is 0 Å². The number of nitrogens with zero attached hydrogens (tertiary/aromatic N) is 3. The van der Waals surface area contributed by atoms with Gasteiger partial charge in [-0.25, -0.2) is 9.97 Å². The normalized spacial score (nSPS) is 16.8. The highest BCUT2D eigenvalue weighted by Crippen LogP contribution is 2.31. The second-order valence-electron chi connectivity index (χ2n) is 9.14. The Balaban J connectivity index is 1.89. The summed E-state index contributed by atoms with van der Waals surface area (Å²) in [4.78, 5) is 12.1. The number of anilines is 1. The molecule has 1 saturated heterocycles. The van der Waals surface area contributed by atoms with Crippen molar-refractivity contribution in [1.82, 2.24) is 14.9 Å². The zero-order valence-electron chi connectivity index (χ0n) is 16.8. The van der Waals surface area contributed by atoms with Gasteiger partial charge in [0.05, 0.1) is 25.3 Å². The van der Waals surface area contributed by atoms with Crippen LogP contribution in [0.25, 0.3) is 10.9 Å². The highest BCUT2D eigenvalue weighted by atomic mass is 16.5. The lowest BCUT2D eigenvalue weighted by Gasteiger charge is -2.34. The number of ether oxygens (including phenoxy) is 1. The number of benzene rings is 1. The molecule has 2 heterocycles. The SMILES string of the molecule is CC(C)(C)CC(C)(C)Nc1nc(CN2CCOCC2)nc2ccccc12. The lowest BCUT2D eigenvalue weighted by Crippen LogP contribution is -2.37. The van der Waals surface area contributed by atoms with Crippen molar-refractivity contribution in [3.8, 4) is 0 Å². The summed E-state index contributed by atoms with van der Waals surface area (Å²) in [5.74, 6) is 1.81. The van der Waals surface area contributed by atoms with Crippen molar-refractivity contribution >= 4 is 16.7 Å². The monoisotopic (exact) mass is 356 g/mol. The van der Waals surface area contributed by atoms with Crippen LogP contribution in [0, 0.1) is 5.41 Å². The molecule has 2 aromatic rings. The molecule has 1 aromatic carbocycles. The van der Waals surface area contributed by atoms with Gasteiger partial charge in [-0.15, -0.1) is 0 Å². The molecule has 1 fully saturated rings. The third-order valence-electron chi connectivity index (χ3n) is 4.55. The van der Waals surface area contributed by atoms with Gasteiger partial charge in [-0.3, -0.25) is 4.90 Å². The standard InChI is InChI=1S/C21H32N4O/c1-20(2,3)15-21(4,5)24-19-16-8-6-7-9-17(16)22-18(23-19)14-25-10-12-26-13-11-25/h6-9H,10-15H2,1-5H3,(H,22,23,24). The number of para-hydroxylation sites is 1. The molecule has 0 spiro atoms. The van der Waals surface area contributed by atoms with Crippen LogP contribution in [-0.2, 0) is 11.3 Å². The molecule has 5 heteroatoms. The zero-order valence-corrected chi connectivity index (χ0v) is 16.8. The lowest BCUT2D eigenvalue weighted by molar-refractivity contribution is 0.0331. The van der Waals surface area contributed by atoms with Gasteiger partial charge in [0.2, 0.25) is 0 Å². The third kappa shape index (κ3) is 5.15. The van der Waals surface area contributed by atoms with E-state index in [9.17, 15) is 0 Å². The summed E-state index contributed by atoms with van der Waals surface area (Å²) in [7, 11) is 0. The highest BCUT2D eigenvalue weighted by molar-refractivity contribution is 5.89. The number of aromatic nitrogens is 2. The minimum absolute atomic E-state index is 0.0500. The Bertz CT molecular complexity index is 745. The molecular formula is C21H32N4O. The summed E-state index contributed by atoms with van der Waals surface area (Å²) >= 11 is 0. The topological polar surface area (TPSA) is 50.3 Å². The van der Waals surface area contributed by atoms with Crippen LogP contribution in [0.3, 0.4) is 0 Å². The molecule has 26 heavy (non-hydrogen) atoms. The van der Waals surface area contributed by atoms with Gasteiger partial charge in [-0.1, -0.05) is 32.9 Å². The second kappa shape index (κ2) is 7.49. The van der Waals surface area contributed by atoms with Crippen LogP contribution >= 0.6 is 0 Å². The van der Waals surface area contributed by atoms with E-state index in [1.54, 1.807) is 0 Å².